The molecule has 0 unspecified atom stereocenters. The van der Waals surface area contributed by atoms with Crippen LogP contribution in [0.5, 0.6) is 0 Å². The molecule has 4 nitrogen and oxygen atoms in total. The zero-order valence-corrected chi connectivity index (χ0v) is 7.16. The van der Waals surface area contributed by atoms with E-state index in [2.05, 4.69) is 10.6 Å². The highest BCUT2D eigenvalue weighted by Crippen LogP contribution is 1.77. The van der Waals surface area contributed by atoms with Gasteiger partial charge in [-0.2, -0.15) is 0 Å². The third-order valence-electron chi connectivity index (χ3n) is 0.951. The molecule has 0 spiro atoms. The van der Waals surface area contributed by atoms with Crippen molar-refractivity contribution in [2.24, 2.45) is 0 Å². The van der Waals surface area contributed by atoms with Crippen LogP contribution in [0, 0.1) is 0 Å². The second-order valence-corrected chi connectivity index (χ2v) is 4.42. The Morgan fingerprint density at radius 3 is 2.40 bits per heavy atom. The highest BCUT2D eigenvalue weighted by Gasteiger charge is 1.98. The van der Waals surface area contributed by atoms with Gasteiger partial charge < -0.3 is 10.6 Å². The van der Waals surface area contributed by atoms with Crippen molar-refractivity contribution in [2.45, 2.75) is 0 Å². The first kappa shape index (κ1) is 9.87. The van der Waals surface area contributed by atoms with E-state index in [9.17, 15) is 8.42 Å². The maximum Gasteiger partial charge on any atom is 0.148 e. The minimum atomic E-state index is -2.79. The quantitative estimate of drug-likeness (QED) is 0.398. The average molecular weight is 166 g/mol. The summed E-state index contributed by atoms with van der Waals surface area (Å²) in [5, 5.41) is 5.75. The summed E-state index contributed by atoms with van der Waals surface area (Å²) in [5.74, 6) is 0.203. The van der Waals surface area contributed by atoms with Crippen LogP contribution in [-0.4, -0.2) is 40.7 Å². The smallest absolute Gasteiger partial charge is 0.148 e. The number of hydrogen-bond acceptors (Lipinski definition) is 4. The summed E-state index contributed by atoms with van der Waals surface area (Å²) in [5.41, 5.74) is 0. The highest BCUT2D eigenvalue weighted by molar-refractivity contribution is 7.90. The summed E-state index contributed by atoms with van der Waals surface area (Å²) >= 11 is 0. The Labute approximate surface area is 61.9 Å². The van der Waals surface area contributed by atoms with E-state index in [1.165, 1.54) is 6.26 Å². The summed E-state index contributed by atoms with van der Waals surface area (Å²) in [7, 11) is -0.996. The monoisotopic (exact) mass is 166 g/mol. The van der Waals surface area contributed by atoms with Crippen molar-refractivity contribution in [1.82, 2.24) is 10.6 Å². The Morgan fingerprint density at radius 2 is 2.00 bits per heavy atom. The van der Waals surface area contributed by atoms with Crippen molar-refractivity contribution in [3.8, 4) is 0 Å². The predicted octanol–water partition coefficient (Wildman–Crippen LogP) is -1.20. The fraction of sp³-hybridized carbons (Fsp3) is 1.00. The molecule has 0 aromatic heterocycles. The van der Waals surface area contributed by atoms with Crippen molar-refractivity contribution < 1.29 is 8.42 Å². The Bertz CT molecular complexity index is 164. The van der Waals surface area contributed by atoms with E-state index in [4.69, 9.17) is 0 Å². The van der Waals surface area contributed by atoms with E-state index in [0.717, 1.165) is 0 Å². The molecule has 5 heteroatoms. The second-order valence-electron chi connectivity index (χ2n) is 2.16. The molecule has 0 aliphatic rings. The number of nitrogens with one attached hydrogen (secondary N) is 2. The summed E-state index contributed by atoms with van der Waals surface area (Å²) in [6.07, 6.45) is 1.23. The molecule has 0 fully saturated rings. The van der Waals surface area contributed by atoms with Crippen LogP contribution in [-0.2, 0) is 9.84 Å². The highest BCUT2D eigenvalue weighted by atomic mass is 32.2. The minimum Gasteiger partial charge on any atom is -0.308 e. The number of hydrogen-bond donors (Lipinski definition) is 2. The molecule has 0 aliphatic heterocycles. The summed E-state index contributed by atoms with van der Waals surface area (Å²) < 4.78 is 21.1. The molecule has 0 bridgehead atoms. The van der Waals surface area contributed by atoms with Crippen LogP contribution < -0.4 is 10.6 Å². The van der Waals surface area contributed by atoms with Gasteiger partial charge in [0.05, 0.1) is 5.75 Å². The maximum atomic E-state index is 10.5. The van der Waals surface area contributed by atoms with Crippen LogP contribution in [0.4, 0.5) is 0 Å². The Morgan fingerprint density at radius 1 is 1.40 bits per heavy atom. The largest absolute Gasteiger partial charge is 0.308 e. The third kappa shape index (κ3) is 7.87. The molecule has 0 saturated heterocycles. The molecule has 0 rings (SSSR count). The van der Waals surface area contributed by atoms with Crippen molar-refractivity contribution in [2.75, 3.05) is 32.3 Å². The third-order valence-corrected chi connectivity index (χ3v) is 1.90. The molecule has 0 amide bonds. The van der Waals surface area contributed by atoms with Crippen LogP contribution in [0.3, 0.4) is 0 Å². The zero-order valence-electron chi connectivity index (χ0n) is 6.35. The van der Waals surface area contributed by atoms with E-state index in [-0.39, 0.29) is 5.75 Å². The summed E-state index contributed by atoms with van der Waals surface area (Å²) in [4.78, 5) is 0. The molecule has 2 N–H and O–H groups in total. The molecule has 0 saturated carbocycles. The lowest BCUT2D eigenvalue weighted by Crippen LogP contribution is -2.30. The molecule has 0 aromatic rings. The standard InChI is InChI=1S/C5H14N2O2S/c1-6-5-7-3-4-10(2,8)9/h6-7H,3-5H2,1-2H3. The predicted molar refractivity (Wildman–Crippen MR) is 41.6 cm³/mol. The van der Waals surface area contributed by atoms with E-state index in [1.54, 1.807) is 7.05 Å². The molecule has 0 atom stereocenters. The van der Waals surface area contributed by atoms with Gasteiger partial charge in [-0.25, -0.2) is 8.42 Å². The Balaban J connectivity index is 3.21. The normalized spacial score (nSPS) is 11.8. The van der Waals surface area contributed by atoms with Crippen molar-refractivity contribution in [1.29, 1.82) is 0 Å². The Hall–Kier alpha value is -0.130. The molecule has 62 valence electrons. The van der Waals surface area contributed by atoms with Crippen LogP contribution in [0.25, 0.3) is 0 Å². The van der Waals surface area contributed by atoms with Gasteiger partial charge in [0, 0.05) is 19.5 Å². The average Bonchev–Trinajstić information content (AvgIpc) is 1.78. The second kappa shape index (κ2) is 4.65. The van der Waals surface area contributed by atoms with E-state index in [1.807, 2.05) is 0 Å². The van der Waals surface area contributed by atoms with Gasteiger partial charge in [-0.3, -0.25) is 0 Å². The van der Waals surface area contributed by atoms with Crippen molar-refractivity contribution in [3.63, 3.8) is 0 Å². The molecule has 0 heterocycles. The fourth-order valence-electron chi connectivity index (χ4n) is 0.471. The maximum absolute atomic E-state index is 10.5. The van der Waals surface area contributed by atoms with Crippen molar-refractivity contribution in [3.05, 3.63) is 0 Å². The van der Waals surface area contributed by atoms with E-state index < -0.39 is 9.84 Å². The fourth-order valence-corrected chi connectivity index (χ4v) is 0.986. The first-order chi connectivity index (χ1) is 4.56. The molecular weight excluding hydrogens is 152 g/mol. The van der Waals surface area contributed by atoms with Crippen LogP contribution in [0.1, 0.15) is 0 Å². The van der Waals surface area contributed by atoms with Gasteiger partial charge in [0.25, 0.3) is 0 Å². The van der Waals surface area contributed by atoms with Gasteiger partial charge >= 0.3 is 0 Å². The van der Waals surface area contributed by atoms with Gasteiger partial charge in [-0.1, -0.05) is 0 Å². The lowest BCUT2D eigenvalue weighted by Gasteiger charge is -2.00. The van der Waals surface area contributed by atoms with Crippen LogP contribution in [0.2, 0.25) is 0 Å². The molecule has 0 aliphatic carbocycles. The lowest BCUT2D eigenvalue weighted by molar-refractivity contribution is 0.592. The van der Waals surface area contributed by atoms with E-state index in [0.29, 0.717) is 13.2 Å². The van der Waals surface area contributed by atoms with E-state index >= 15 is 0 Å². The van der Waals surface area contributed by atoms with Crippen molar-refractivity contribution >= 4 is 9.84 Å². The first-order valence-electron chi connectivity index (χ1n) is 3.09. The first-order valence-corrected chi connectivity index (χ1v) is 5.15. The van der Waals surface area contributed by atoms with Gasteiger partial charge in [0.1, 0.15) is 9.84 Å². The SMILES string of the molecule is CNCNCCS(C)(=O)=O. The van der Waals surface area contributed by atoms with Crippen LogP contribution in [0.15, 0.2) is 0 Å². The number of sulfone groups is 1. The molecule has 0 aromatic carbocycles. The topological polar surface area (TPSA) is 58.2 Å². The number of rotatable bonds is 5. The molecule has 10 heavy (non-hydrogen) atoms. The van der Waals surface area contributed by atoms with Gasteiger partial charge in [0.15, 0.2) is 0 Å². The van der Waals surface area contributed by atoms with Crippen LogP contribution >= 0.6 is 0 Å². The Kier molecular flexibility index (Phi) is 4.59. The summed E-state index contributed by atoms with van der Waals surface area (Å²) in [6, 6.07) is 0. The molecule has 0 radical (unpaired) electrons. The van der Waals surface area contributed by atoms with Gasteiger partial charge in [-0.15, -0.1) is 0 Å². The van der Waals surface area contributed by atoms with Gasteiger partial charge in [0.2, 0.25) is 0 Å². The lowest BCUT2D eigenvalue weighted by atomic mass is 10.7. The zero-order chi connectivity index (χ0) is 8.04. The van der Waals surface area contributed by atoms with Gasteiger partial charge in [-0.05, 0) is 7.05 Å². The summed E-state index contributed by atoms with van der Waals surface area (Å²) in [6.45, 7) is 1.16. The minimum absolute atomic E-state index is 0.203. The molecular formula is C5H14N2O2S.